The number of fused-ring (bicyclic) bond motifs is 2. The van der Waals surface area contributed by atoms with Crippen LogP contribution in [0.5, 0.6) is 0 Å². The number of amides is 1. The normalized spacial score (nSPS) is 12.1. The Morgan fingerprint density at radius 2 is 2.06 bits per heavy atom. The van der Waals surface area contributed by atoms with Crippen LogP contribution in [0.1, 0.15) is 36.7 Å². The maximum absolute atomic E-state index is 13.4. The van der Waals surface area contributed by atoms with Crippen molar-refractivity contribution in [1.29, 1.82) is 0 Å². The van der Waals surface area contributed by atoms with Gasteiger partial charge in [-0.05, 0) is 43.5 Å². The lowest BCUT2D eigenvalue weighted by Gasteiger charge is -2.17. The number of pyridine rings is 2. The predicted octanol–water partition coefficient (Wildman–Crippen LogP) is 2.93. The zero-order chi connectivity index (χ0) is 24.8. The topological polar surface area (TPSA) is 104 Å². The van der Waals surface area contributed by atoms with Crippen LogP contribution in [0.2, 0.25) is 0 Å². The fourth-order valence-electron chi connectivity index (χ4n) is 3.49. The second-order valence-corrected chi connectivity index (χ2v) is 8.03. The molecule has 0 atom stereocenters. The Morgan fingerprint density at radius 1 is 1.29 bits per heavy atom. The van der Waals surface area contributed by atoms with Gasteiger partial charge >= 0.3 is 5.97 Å². The fourth-order valence-corrected chi connectivity index (χ4v) is 3.49. The molecule has 178 valence electrons. The summed E-state index contributed by atoms with van der Waals surface area (Å²) in [7, 11) is 0. The summed E-state index contributed by atoms with van der Waals surface area (Å²) in [6.45, 7) is 11.2. The Morgan fingerprint density at radius 3 is 2.74 bits per heavy atom. The first-order chi connectivity index (χ1) is 16.3. The highest BCUT2D eigenvalue weighted by molar-refractivity contribution is 5.93. The van der Waals surface area contributed by atoms with E-state index in [9.17, 15) is 14.4 Å². The summed E-state index contributed by atoms with van der Waals surface area (Å²) in [6, 6.07) is 5.02. The monoisotopic (exact) mass is 464 g/mol. The highest BCUT2D eigenvalue weighted by Crippen LogP contribution is 2.14. The van der Waals surface area contributed by atoms with Gasteiger partial charge in [0.15, 0.2) is 12.1 Å². The highest BCUT2D eigenvalue weighted by Gasteiger charge is 2.20. The molecule has 0 bridgehead atoms. The van der Waals surface area contributed by atoms with E-state index in [1.165, 1.54) is 28.9 Å². The van der Waals surface area contributed by atoms with Gasteiger partial charge in [0.1, 0.15) is 16.9 Å². The molecule has 0 N–H and O–H groups in total. The van der Waals surface area contributed by atoms with Crippen LogP contribution in [0, 0.1) is 12.8 Å². The maximum Gasteiger partial charge on any atom is 0.341 e. The van der Waals surface area contributed by atoms with Gasteiger partial charge < -0.3 is 14.0 Å². The summed E-state index contributed by atoms with van der Waals surface area (Å²) in [6.07, 6.45) is 6.00. The van der Waals surface area contributed by atoms with Crippen molar-refractivity contribution in [3.63, 3.8) is 0 Å². The molecule has 0 aliphatic rings. The smallest absolute Gasteiger partial charge is 0.341 e. The van der Waals surface area contributed by atoms with Crippen molar-refractivity contribution in [2.24, 2.45) is 10.9 Å². The van der Waals surface area contributed by atoms with E-state index in [-0.39, 0.29) is 41.1 Å². The molecule has 3 rings (SSSR count). The number of esters is 1. The molecule has 0 spiro atoms. The van der Waals surface area contributed by atoms with Crippen LogP contribution in [-0.4, -0.2) is 39.0 Å². The number of hydrogen-bond acceptors (Lipinski definition) is 6. The average molecular weight is 465 g/mol. The second-order valence-electron chi connectivity index (χ2n) is 8.03. The Balaban J connectivity index is 2.41. The maximum atomic E-state index is 13.4. The molecule has 0 fully saturated rings. The lowest BCUT2D eigenvalue weighted by molar-refractivity contribution is -0.120. The first-order valence-corrected chi connectivity index (χ1v) is 11.0. The standard InChI is InChI=1S/C25H28N4O5/c1-6-8-12-33-15-20(30)26-23-19(25(32)34-7-2)13-18-22(29(23)14-16(3)4)27-21-17(5)10-9-11-28(21)24(18)31/h6,8-13,16H,1,7,14-15H2,2-5H3/b12-8+,26-23?. The molecule has 34 heavy (non-hydrogen) atoms. The molecule has 9 heteroatoms. The van der Waals surface area contributed by atoms with Crippen molar-refractivity contribution in [1.82, 2.24) is 14.0 Å². The van der Waals surface area contributed by atoms with Gasteiger partial charge in [-0.15, -0.1) is 0 Å². The summed E-state index contributed by atoms with van der Waals surface area (Å²) in [4.78, 5) is 47.8. The number of rotatable bonds is 8. The van der Waals surface area contributed by atoms with Crippen molar-refractivity contribution in [2.75, 3.05) is 13.2 Å². The van der Waals surface area contributed by atoms with Crippen LogP contribution in [0.15, 0.2) is 59.2 Å². The van der Waals surface area contributed by atoms with E-state index in [2.05, 4.69) is 11.6 Å². The van der Waals surface area contributed by atoms with Crippen molar-refractivity contribution in [3.05, 3.63) is 76.4 Å². The number of aryl methyl sites for hydroxylation is 1. The quantitative estimate of drug-likeness (QED) is 0.220. The van der Waals surface area contributed by atoms with E-state index < -0.39 is 11.9 Å². The van der Waals surface area contributed by atoms with E-state index in [1.807, 2.05) is 26.8 Å². The van der Waals surface area contributed by atoms with Crippen LogP contribution in [-0.2, 0) is 20.8 Å². The molecular weight excluding hydrogens is 436 g/mol. The van der Waals surface area contributed by atoms with Crippen LogP contribution < -0.4 is 11.0 Å². The SMILES string of the molecule is C=C/C=C/OCC(=O)N=c1c(C(=O)OCC)cc2c(=O)n3cccc(C)c3nc2n1CC(C)C. The molecule has 0 unspecified atom stereocenters. The van der Waals surface area contributed by atoms with Crippen molar-refractivity contribution in [2.45, 2.75) is 34.2 Å². The van der Waals surface area contributed by atoms with Gasteiger partial charge in [-0.2, -0.15) is 4.99 Å². The van der Waals surface area contributed by atoms with Crippen LogP contribution in [0.25, 0.3) is 16.7 Å². The van der Waals surface area contributed by atoms with Crippen molar-refractivity contribution >= 4 is 28.6 Å². The summed E-state index contributed by atoms with van der Waals surface area (Å²) < 4.78 is 13.5. The highest BCUT2D eigenvalue weighted by atomic mass is 16.5. The zero-order valence-corrected chi connectivity index (χ0v) is 19.8. The molecule has 3 heterocycles. The number of hydrogen-bond donors (Lipinski definition) is 0. The largest absolute Gasteiger partial charge is 0.491 e. The summed E-state index contributed by atoms with van der Waals surface area (Å²) in [5.41, 5.74) is 1.38. The van der Waals surface area contributed by atoms with Gasteiger partial charge in [-0.25, -0.2) is 9.78 Å². The first kappa shape index (κ1) is 24.6. The van der Waals surface area contributed by atoms with Gasteiger partial charge in [-0.3, -0.25) is 14.0 Å². The molecule has 9 nitrogen and oxygen atoms in total. The van der Waals surface area contributed by atoms with Gasteiger partial charge in [-0.1, -0.05) is 32.6 Å². The molecule has 0 aliphatic heterocycles. The third kappa shape index (κ3) is 5.14. The van der Waals surface area contributed by atoms with E-state index >= 15 is 0 Å². The number of aromatic nitrogens is 3. The third-order valence-electron chi connectivity index (χ3n) is 4.90. The van der Waals surface area contributed by atoms with E-state index in [0.717, 1.165) is 5.56 Å². The molecule has 1 amide bonds. The van der Waals surface area contributed by atoms with E-state index in [0.29, 0.717) is 17.8 Å². The Hall–Kier alpha value is -4.01. The van der Waals surface area contributed by atoms with Gasteiger partial charge in [0.2, 0.25) is 0 Å². The molecule has 0 aliphatic carbocycles. The van der Waals surface area contributed by atoms with Gasteiger partial charge in [0, 0.05) is 12.7 Å². The van der Waals surface area contributed by atoms with Crippen molar-refractivity contribution in [3.8, 4) is 0 Å². The molecule has 0 aromatic carbocycles. The minimum atomic E-state index is -0.685. The molecule has 0 radical (unpaired) electrons. The predicted molar refractivity (Wildman–Crippen MR) is 128 cm³/mol. The number of carbonyl (C=O) groups is 2. The minimum Gasteiger partial charge on any atom is -0.491 e. The minimum absolute atomic E-state index is 0.0106. The third-order valence-corrected chi connectivity index (χ3v) is 4.90. The molecule has 3 aromatic heterocycles. The van der Waals surface area contributed by atoms with Gasteiger partial charge in [0.05, 0.1) is 18.3 Å². The Labute approximate surface area is 196 Å². The Kier molecular flexibility index (Phi) is 7.78. The average Bonchev–Trinajstić information content (AvgIpc) is 2.79. The van der Waals surface area contributed by atoms with Crippen LogP contribution >= 0.6 is 0 Å². The lowest BCUT2D eigenvalue weighted by Crippen LogP contribution is -2.34. The first-order valence-electron chi connectivity index (χ1n) is 11.0. The Bertz CT molecular complexity index is 1410. The van der Waals surface area contributed by atoms with E-state index in [1.54, 1.807) is 23.8 Å². The molecule has 0 saturated heterocycles. The number of nitrogens with zero attached hydrogens (tertiary/aromatic N) is 4. The number of ether oxygens (including phenoxy) is 2. The number of allylic oxidation sites excluding steroid dienone is 2. The lowest BCUT2D eigenvalue weighted by atomic mass is 10.1. The summed E-state index contributed by atoms with van der Waals surface area (Å²) in [5.74, 6) is -1.20. The molecular formula is C25H28N4O5. The summed E-state index contributed by atoms with van der Waals surface area (Å²) >= 11 is 0. The van der Waals surface area contributed by atoms with Crippen LogP contribution in [0.3, 0.4) is 0 Å². The fraction of sp³-hybridized carbons (Fsp3) is 0.320. The van der Waals surface area contributed by atoms with E-state index in [4.69, 9.17) is 14.5 Å². The van der Waals surface area contributed by atoms with Gasteiger partial charge in [0.25, 0.3) is 11.5 Å². The number of carbonyl (C=O) groups excluding carboxylic acids is 2. The molecule has 0 saturated carbocycles. The zero-order valence-electron chi connectivity index (χ0n) is 19.8. The van der Waals surface area contributed by atoms with Crippen molar-refractivity contribution < 1.29 is 19.1 Å². The molecule has 3 aromatic rings. The van der Waals surface area contributed by atoms with Crippen LogP contribution in [0.4, 0.5) is 0 Å². The summed E-state index contributed by atoms with van der Waals surface area (Å²) in [5, 5.41) is 0.225. The second kappa shape index (κ2) is 10.7.